The minimum atomic E-state index is -0.408. The number of ether oxygens (including phenoxy) is 1. The molecule has 0 radical (unpaired) electrons. The predicted molar refractivity (Wildman–Crippen MR) is 143 cm³/mol. The van der Waals surface area contributed by atoms with Crippen molar-refractivity contribution in [1.82, 2.24) is 4.90 Å². The molecule has 0 spiro atoms. The maximum Gasteiger partial charge on any atom is 0.293 e. The Balaban J connectivity index is 1.47. The van der Waals surface area contributed by atoms with Crippen LogP contribution in [-0.4, -0.2) is 28.6 Å². The van der Waals surface area contributed by atoms with Crippen LogP contribution in [0.2, 0.25) is 10.0 Å². The monoisotopic (exact) mass is 590 g/mol. The number of rotatable bonds is 7. The molecule has 0 saturated carbocycles. The summed E-state index contributed by atoms with van der Waals surface area (Å²) >= 11 is 16.2. The molecule has 1 N–H and O–H groups in total. The highest BCUT2D eigenvalue weighted by Gasteiger charge is 2.35. The van der Waals surface area contributed by atoms with Crippen LogP contribution in [-0.2, 0) is 16.1 Å². The predicted octanol–water partition coefficient (Wildman–Crippen LogP) is 7.01. The zero-order chi connectivity index (χ0) is 24.9. The molecule has 1 aliphatic heterocycles. The first-order valence-electron chi connectivity index (χ1n) is 10.3. The quantitative estimate of drug-likeness (QED) is 0.299. The van der Waals surface area contributed by atoms with Crippen molar-refractivity contribution in [2.75, 3.05) is 11.9 Å². The molecule has 0 unspecified atom stereocenters. The van der Waals surface area contributed by atoms with E-state index in [-0.39, 0.29) is 29.2 Å². The number of anilines is 1. The fourth-order valence-electron chi connectivity index (χ4n) is 3.19. The maximum absolute atomic E-state index is 12.9. The summed E-state index contributed by atoms with van der Waals surface area (Å²) in [5, 5.41) is 3.33. The first-order valence-corrected chi connectivity index (χ1v) is 12.6. The lowest BCUT2D eigenvalue weighted by atomic mass is 10.1. The van der Waals surface area contributed by atoms with E-state index in [0.29, 0.717) is 27.0 Å². The zero-order valence-corrected chi connectivity index (χ0v) is 21.9. The molecule has 3 amide bonds. The molecule has 6 nitrogen and oxygen atoms in total. The van der Waals surface area contributed by atoms with Crippen LogP contribution in [0.5, 0.6) is 5.75 Å². The summed E-state index contributed by atoms with van der Waals surface area (Å²) in [6.07, 6.45) is 1.55. The summed E-state index contributed by atoms with van der Waals surface area (Å²) in [6.45, 7) is -0.102. The average Bonchev–Trinajstić information content (AvgIpc) is 3.09. The standard InChI is InChI=1S/C25H17BrCl2N2O4S/c26-17-3-1-15(2-4-17)13-30-24(32)22(35-25(30)33)12-16-11-19(28)7-10-21(16)34-14-23(31)29-20-8-5-18(27)6-9-20/h1-12H,13-14H2,(H,29,31)/b22-12-. The van der Waals surface area contributed by atoms with Crippen molar-refractivity contribution in [3.63, 3.8) is 0 Å². The minimum Gasteiger partial charge on any atom is -0.483 e. The van der Waals surface area contributed by atoms with Crippen molar-refractivity contribution >= 4 is 79.7 Å². The van der Waals surface area contributed by atoms with Crippen molar-refractivity contribution in [1.29, 1.82) is 0 Å². The van der Waals surface area contributed by atoms with Crippen LogP contribution >= 0.6 is 50.9 Å². The summed E-state index contributed by atoms with van der Waals surface area (Å²) in [5.41, 5.74) is 1.89. The molecule has 1 heterocycles. The number of carbonyl (C=O) groups excluding carboxylic acids is 3. The molecule has 35 heavy (non-hydrogen) atoms. The van der Waals surface area contributed by atoms with Gasteiger partial charge in [-0.3, -0.25) is 19.3 Å². The maximum atomic E-state index is 12.9. The Hall–Kier alpha value is -2.78. The summed E-state index contributed by atoms with van der Waals surface area (Å²) in [6, 6.07) is 18.9. The van der Waals surface area contributed by atoms with E-state index in [4.69, 9.17) is 27.9 Å². The van der Waals surface area contributed by atoms with E-state index in [1.165, 1.54) is 4.90 Å². The molecule has 1 aliphatic rings. The number of carbonyl (C=O) groups is 3. The van der Waals surface area contributed by atoms with Crippen LogP contribution in [0.25, 0.3) is 6.08 Å². The van der Waals surface area contributed by atoms with Crippen LogP contribution < -0.4 is 10.1 Å². The van der Waals surface area contributed by atoms with E-state index in [9.17, 15) is 14.4 Å². The normalized spacial score (nSPS) is 14.5. The smallest absolute Gasteiger partial charge is 0.293 e. The Morgan fingerprint density at radius 2 is 1.69 bits per heavy atom. The molecule has 0 bridgehead atoms. The van der Waals surface area contributed by atoms with Gasteiger partial charge < -0.3 is 10.1 Å². The van der Waals surface area contributed by atoms with Gasteiger partial charge in [-0.15, -0.1) is 0 Å². The summed E-state index contributed by atoms with van der Waals surface area (Å²) in [4.78, 5) is 39.2. The van der Waals surface area contributed by atoms with Gasteiger partial charge in [0, 0.05) is 25.8 Å². The van der Waals surface area contributed by atoms with Gasteiger partial charge in [0.05, 0.1) is 11.4 Å². The van der Waals surface area contributed by atoms with E-state index < -0.39 is 5.91 Å². The number of benzene rings is 3. The van der Waals surface area contributed by atoms with Gasteiger partial charge in [-0.1, -0.05) is 51.3 Å². The summed E-state index contributed by atoms with van der Waals surface area (Å²) in [5.74, 6) is -0.433. The lowest BCUT2D eigenvalue weighted by molar-refractivity contribution is -0.123. The van der Waals surface area contributed by atoms with Crippen LogP contribution in [0.15, 0.2) is 76.1 Å². The highest BCUT2D eigenvalue weighted by atomic mass is 79.9. The highest BCUT2D eigenvalue weighted by Crippen LogP contribution is 2.35. The lowest BCUT2D eigenvalue weighted by Gasteiger charge is -2.12. The van der Waals surface area contributed by atoms with Gasteiger partial charge in [0.25, 0.3) is 17.1 Å². The van der Waals surface area contributed by atoms with Gasteiger partial charge in [0.1, 0.15) is 5.75 Å². The second-order valence-electron chi connectivity index (χ2n) is 7.42. The molecule has 0 aromatic heterocycles. The minimum absolute atomic E-state index is 0.166. The molecular weight excluding hydrogens is 575 g/mol. The average molecular weight is 592 g/mol. The number of hydrogen-bond acceptors (Lipinski definition) is 5. The number of halogens is 3. The molecule has 0 atom stereocenters. The summed E-state index contributed by atoms with van der Waals surface area (Å²) in [7, 11) is 0. The molecule has 3 aromatic rings. The second-order valence-corrected chi connectivity index (χ2v) is 10.2. The molecule has 10 heteroatoms. The van der Waals surface area contributed by atoms with E-state index >= 15 is 0 Å². The Bertz CT molecular complexity index is 1310. The molecule has 4 rings (SSSR count). The van der Waals surface area contributed by atoms with Crippen molar-refractivity contribution in [3.8, 4) is 5.75 Å². The van der Waals surface area contributed by atoms with Gasteiger partial charge in [0.15, 0.2) is 6.61 Å². The SMILES string of the molecule is O=C(COc1ccc(Cl)cc1/C=C1\SC(=O)N(Cc2ccc(Br)cc2)C1=O)Nc1ccc(Cl)cc1. The van der Waals surface area contributed by atoms with Gasteiger partial charge >= 0.3 is 0 Å². The topological polar surface area (TPSA) is 75.7 Å². The number of nitrogens with zero attached hydrogens (tertiary/aromatic N) is 1. The highest BCUT2D eigenvalue weighted by molar-refractivity contribution is 9.10. The fraction of sp³-hybridized carbons (Fsp3) is 0.0800. The van der Waals surface area contributed by atoms with E-state index in [1.807, 2.05) is 24.3 Å². The van der Waals surface area contributed by atoms with Crippen molar-refractivity contribution in [3.05, 3.63) is 97.3 Å². The van der Waals surface area contributed by atoms with Gasteiger partial charge in [-0.05, 0) is 78.0 Å². The number of imide groups is 1. The summed E-state index contributed by atoms with van der Waals surface area (Å²) < 4.78 is 6.60. The second kappa shape index (κ2) is 11.3. The van der Waals surface area contributed by atoms with Crippen molar-refractivity contribution < 1.29 is 19.1 Å². The third-order valence-corrected chi connectivity index (χ3v) is 6.80. The zero-order valence-electron chi connectivity index (χ0n) is 18.0. The fourth-order valence-corrected chi connectivity index (χ4v) is 4.59. The largest absolute Gasteiger partial charge is 0.483 e. The molecule has 178 valence electrons. The van der Waals surface area contributed by atoms with Gasteiger partial charge in [-0.25, -0.2) is 0 Å². The molecule has 3 aromatic carbocycles. The third-order valence-electron chi connectivity index (χ3n) is 4.87. The van der Waals surface area contributed by atoms with Gasteiger partial charge in [-0.2, -0.15) is 0 Å². The first-order chi connectivity index (χ1) is 16.8. The lowest BCUT2D eigenvalue weighted by Crippen LogP contribution is -2.27. The Kier molecular flexibility index (Phi) is 8.18. The van der Waals surface area contributed by atoms with Crippen LogP contribution in [0.1, 0.15) is 11.1 Å². The Morgan fingerprint density at radius 3 is 2.40 bits per heavy atom. The van der Waals surface area contributed by atoms with E-state index in [0.717, 1.165) is 21.8 Å². The van der Waals surface area contributed by atoms with E-state index in [2.05, 4.69) is 21.2 Å². The number of amides is 3. The Morgan fingerprint density at radius 1 is 1.00 bits per heavy atom. The van der Waals surface area contributed by atoms with Crippen molar-refractivity contribution in [2.45, 2.75) is 6.54 Å². The van der Waals surface area contributed by atoms with E-state index in [1.54, 1.807) is 48.5 Å². The van der Waals surface area contributed by atoms with Crippen LogP contribution in [0.3, 0.4) is 0 Å². The number of hydrogen-bond donors (Lipinski definition) is 1. The first kappa shape index (κ1) is 25.3. The van der Waals surface area contributed by atoms with Crippen LogP contribution in [0.4, 0.5) is 10.5 Å². The third kappa shape index (κ3) is 6.67. The van der Waals surface area contributed by atoms with Gasteiger partial charge in [0.2, 0.25) is 0 Å². The number of nitrogens with one attached hydrogen (secondary N) is 1. The van der Waals surface area contributed by atoms with Crippen molar-refractivity contribution in [2.24, 2.45) is 0 Å². The Labute approximate surface area is 224 Å². The van der Waals surface area contributed by atoms with Crippen LogP contribution in [0, 0.1) is 0 Å². The molecular formula is C25H17BrCl2N2O4S. The molecule has 0 aliphatic carbocycles. The molecule has 1 saturated heterocycles. The molecule has 1 fully saturated rings. The number of thioether (sulfide) groups is 1.